The monoisotopic (exact) mass is 261 g/mol. The second-order valence-electron chi connectivity index (χ2n) is 4.23. The van der Waals surface area contributed by atoms with Gasteiger partial charge >= 0.3 is 5.97 Å². The lowest BCUT2D eigenvalue weighted by Crippen LogP contribution is -1.98. The van der Waals surface area contributed by atoms with Crippen LogP contribution in [-0.4, -0.2) is 18.2 Å². The van der Waals surface area contributed by atoms with E-state index in [1.165, 1.54) is 24.3 Å². The molecule has 100 valence electrons. The zero-order valence-electron chi connectivity index (χ0n) is 11.1. The fraction of sp³-hybridized carbons (Fsp3) is 0.286. The van der Waals surface area contributed by atoms with Gasteiger partial charge in [-0.3, -0.25) is 0 Å². The molecule has 1 aromatic heterocycles. The molecule has 5 heteroatoms. The molecule has 0 bridgehead atoms. The predicted molar refractivity (Wildman–Crippen MR) is 68.1 cm³/mol. The van der Waals surface area contributed by atoms with Crippen molar-refractivity contribution in [3.05, 3.63) is 46.7 Å². The average Bonchev–Trinajstić information content (AvgIpc) is 2.88. The molecule has 0 saturated carbocycles. The number of methoxy groups -OCH3 is 1. The van der Waals surface area contributed by atoms with Gasteiger partial charge in [-0.25, -0.2) is 4.79 Å². The Bertz CT molecular complexity index is 589. The van der Waals surface area contributed by atoms with Crippen molar-refractivity contribution in [1.29, 1.82) is 0 Å². The summed E-state index contributed by atoms with van der Waals surface area (Å²) in [7, 11) is 1.28. The summed E-state index contributed by atoms with van der Waals surface area (Å²) in [4.78, 5) is 11.2. The molecule has 2 rings (SSSR count). The summed E-state index contributed by atoms with van der Waals surface area (Å²) in [5.41, 5.74) is 3.47. The first-order valence-electron chi connectivity index (χ1n) is 5.84. The topological polar surface area (TPSA) is 61.6 Å². The van der Waals surface area contributed by atoms with E-state index < -0.39 is 5.97 Å². The van der Waals surface area contributed by atoms with E-state index in [1.54, 1.807) is 0 Å². The van der Waals surface area contributed by atoms with Crippen molar-refractivity contribution in [2.24, 2.45) is 0 Å². The van der Waals surface area contributed by atoms with E-state index in [2.05, 4.69) is 22.9 Å². The van der Waals surface area contributed by atoms with Crippen LogP contribution in [0.15, 0.2) is 28.8 Å². The second-order valence-corrected chi connectivity index (χ2v) is 4.23. The number of carbonyl (C=O) groups excluding carboxylic acids is 1. The van der Waals surface area contributed by atoms with Gasteiger partial charge in [0.25, 0.3) is 5.88 Å². The van der Waals surface area contributed by atoms with Gasteiger partial charge in [-0.15, -0.1) is 0 Å². The van der Waals surface area contributed by atoms with E-state index in [0.29, 0.717) is 6.61 Å². The summed E-state index contributed by atoms with van der Waals surface area (Å²) in [5.74, 6) is -0.287. The quantitative estimate of drug-likeness (QED) is 0.792. The number of hydrogen-bond acceptors (Lipinski definition) is 5. The number of rotatable bonds is 4. The molecule has 0 N–H and O–H groups in total. The Hall–Kier alpha value is -2.30. The molecule has 1 heterocycles. The maximum atomic E-state index is 11.2. The summed E-state index contributed by atoms with van der Waals surface area (Å²) < 4.78 is 14.8. The van der Waals surface area contributed by atoms with Gasteiger partial charge in [0.15, 0.2) is 0 Å². The lowest BCUT2D eigenvalue weighted by atomic mass is 10.1. The number of ether oxygens (including phenoxy) is 2. The molecule has 0 fully saturated rings. The fourth-order valence-corrected chi connectivity index (χ4v) is 1.57. The molecule has 0 amide bonds. The van der Waals surface area contributed by atoms with Gasteiger partial charge in [0.1, 0.15) is 6.61 Å². The van der Waals surface area contributed by atoms with Crippen LogP contribution in [0.3, 0.4) is 0 Å². The van der Waals surface area contributed by atoms with E-state index in [0.717, 1.165) is 5.56 Å². The molecule has 0 spiro atoms. The van der Waals surface area contributed by atoms with Crippen LogP contribution in [0.4, 0.5) is 0 Å². The van der Waals surface area contributed by atoms with Crippen molar-refractivity contribution in [2.45, 2.75) is 20.5 Å². The zero-order chi connectivity index (χ0) is 13.8. The van der Waals surface area contributed by atoms with Crippen molar-refractivity contribution in [2.75, 3.05) is 7.11 Å². The third-order valence-corrected chi connectivity index (χ3v) is 2.83. The second kappa shape index (κ2) is 5.56. The predicted octanol–water partition coefficient (Wildman–Crippen LogP) is 2.66. The normalized spacial score (nSPS) is 10.3. The fourth-order valence-electron chi connectivity index (χ4n) is 1.57. The minimum atomic E-state index is -0.575. The molecule has 0 aliphatic carbocycles. The van der Waals surface area contributed by atoms with Crippen LogP contribution in [0.1, 0.15) is 27.2 Å². The summed E-state index contributed by atoms with van der Waals surface area (Å²) in [5, 5.41) is 3.64. The van der Waals surface area contributed by atoms with Gasteiger partial charge in [0.2, 0.25) is 5.76 Å². The number of hydrogen-bond donors (Lipinski definition) is 0. The SMILES string of the molecule is COC(=O)c1cc(OCc2ccc(C)c(C)c2)no1. The van der Waals surface area contributed by atoms with Gasteiger partial charge in [-0.1, -0.05) is 18.2 Å². The Kier molecular flexibility index (Phi) is 3.85. The molecule has 2 aromatic rings. The summed E-state index contributed by atoms with van der Waals surface area (Å²) >= 11 is 0. The number of aryl methyl sites for hydroxylation is 2. The molecule has 19 heavy (non-hydrogen) atoms. The largest absolute Gasteiger partial charge is 0.471 e. The highest BCUT2D eigenvalue weighted by atomic mass is 16.6. The Labute approximate surface area is 111 Å². The molecule has 0 aliphatic rings. The molecular weight excluding hydrogens is 246 g/mol. The summed E-state index contributed by atoms with van der Waals surface area (Å²) in [6, 6.07) is 7.49. The standard InChI is InChI=1S/C14H15NO4/c1-9-4-5-11(6-10(9)2)8-18-13-7-12(19-15-13)14(16)17-3/h4-7H,8H2,1-3H3. The maximum Gasteiger partial charge on any atom is 0.377 e. The highest BCUT2D eigenvalue weighted by Gasteiger charge is 2.13. The molecule has 5 nitrogen and oxygen atoms in total. The summed E-state index contributed by atoms with van der Waals surface area (Å²) in [6.07, 6.45) is 0. The van der Waals surface area contributed by atoms with Crippen LogP contribution >= 0.6 is 0 Å². The minimum Gasteiger partial charge on any atom is -0.471 e. The zero-order valence-corrected chi connectivity index (χ0v) is 11.1. The Balaban J connectivity index is 2.00. The Morgan fingerprint density at radius 2 is 2.05 bits per heavy atom. The van der Waals surface area contributed by atoms with Crippen LogP contribution in [-0.2, 0) is 11.3 Å². The molecule has 0 saturated heterocycles. The average molecular weight is 261 g/mol. The van der Waals surface area contributed by atoms with E-state index >= 15 is 0 Å². The highest BCUT2D eigenvalue weighted by Crippen LogP contribution is 2.15. The van der Waals surface area contributed by atoms with E-state index in [-0.39, 0.29) is 11.6 Å². The molecule has 0 aliphatic heterocycles. The van der Waals surface area contributed by atoms with Crippen molar-refractivity contribution in [1.82, 2.24) is 5.16 Å². The first-order chi connectivity index (χ1) is 9.10. The number of esters is 1. The first-order valence-corrected chi connectivity index (χ1v) is 5.84. The van der Waals surface area contributed by atoms with E-state index in [1.807, 2.05) is 19.1 Å². The van der Waals surface area contributed by atoms with Gasteiger partial charge in [0.05, 0.1) is 13.2 Å². The first kappa shape index (κ1) is 13.1. The van der Waals surface area contributed by atoms with Gasteiger partial charge in [0, 0.05) is 0 Å². The van der Waals surface area contributed by atoms with Crippen molar-refractivity contribution < 1.29 is 18.8 Å². The number of aromatic nitrogens is 1. The number of benzene rings is 1. The third kappa shape index (κ3) is 3.13. The van der Waals surface area contributed by atoms with Crippen molar-refractivity contribution >= 4 is 5.97 Å². The van der Waals surface area contributed by atoms with Crippen LogP contribution in [0.2, 0.25) is 0 Å². The van der Waals surface area contributed by atoms with Gasteiger partial charge < -0.3 is 14.0 Å². The van der Waals surface area contributed by atoms with E-state index in [4.69, 9.17) is 9.26 Å². The Morgan fingerprint density at radius 3 is 2.74 bits per heavy atom. The van der Waals surface area contributed by atoms with Crippen molar-refractivity contribution in [3.63, 3.8) is 0 Å². The van der Waals surface area contributed by atoms with Crippen LogP contribution in [0.5, 0.6) is 5.88 Å². The molecule has 0 radical (unpaired) electrons. The van der Waals surface area contributed by atoms with Crippen LogP contribution in [0.25, 0.3) is 0 Å². The molecule has 0 unspecified atom stereocenters. The highest BCUT2D eigenvalue weighted by molar-refractivity contribution is 5.86. The number of carbonyl (C=O) groups is 1. The molecule has 0 atom stereocenters. The van der Waals surface area contributed by atoms with Crippen LogP contribution in [0, 0.1) is 13.8 Å². The van der Waals surface area contributed by atoms with Gasteiger partial charge in [-0.2, -0.15) is 0 Å². The summed E-state index contributed by atoms with van der Waals surface area (Å²) in [6.45, 7) is 4.47. The third-order valence-electron chi connectivity index (χ3n) is 2.83. The van der Waals surface area contributed by atoms with E-state index in [9.17, 15) is 4.79 Å². The smallest absolute Gasteiger partial charge is 0.377 e. The van der Waals surface area contributed by atoms with Crippen LogP contribution < -0.4 is 4.74 Å². The molecule has 1 aromatic carbocycles. The lowest BCUT2D eigenvalue weighted by molar-refractivity contribution is 0.0554. The number of nitrogens with zero attached hydrogens (tertiary/aromatic N) is 1. The van der Waals surface area contributed by atoms with Crippen molar-refractivity contribution in [3.8, 4) is 5.88 Å². The Morgan fingerprint density at radius 1 is 1.26 bits per heavy atom. The minimum absolute atomic E-state index is 0.0255. The maximum absolute atomic E-state index is 11.2. The molecular formula is C14H15NO4. The lowest BCUT2D eigenvalue weighted by Gasteiger charge is -2.05. The van der Waals surface area contributed by atoms with Gasteiger partial charge in [-0.05, 0) is 35.7 Å².